The summed E-state index contributed by atoms with van der Waals surface area (Å²) in [6, 6.07) is 12.6. The molecule has 3 aromatic rings. The van der Waals surface area contributed by atoms with Gasteiger partial charge in [0.2, 0.25) is 0 Å². The van der Waals surface area contributed by atoms with Gasteiger partial charge in [0.25, 0.3) is 0 Å². The van der Waals surface area contributed by atoms with E-state index in [0.717, 1.165) is 5.69 Å². The molecule has 0 bridgehead atoms. The Morgan fingerprint density at radius 1 is 1.32 bits per heavy atom. The van der Waals surface area contributed by atoms with Gasteiger partial charge in [0.1, 0.15) is 6.33 Å². The number of hydrogen-bond acceptors (Lipinski definition) is 5. The van der Waals surface area contributed by atoms with E-state index >= 15 is 0 Å². The summed E-state index contributed by atoms with van der Waals surface area (Å²) < 4.78 is 20.6. The summed E-state index contributed by atoms with van der Waals surface area (Å²) in [5.74, 6) is -0.731. The number of nitrogens with zero attached hydrogens (tertiary/aromatic N) is 3. The lowest BCUT2D eigenvalue weighted by molar-refractivity contribution is 0.0595. The van der Waals surface area contributed by atoms with Crippen LogP contribution in [0.5, 0.6) is 0 Å². The van der Waals surface area contributed by atoms with Crippen molar-refractivity contribution in [1.29, 1.82) is 0 Å². The fourth-order valence-corrected chi connectivity index (χ4v) is 2.77. The molecular weight excluding hydrogens is 391 g/mol. The summed E-state index contributed by atoms with van der Waals surface area (Å²) in [6.07, 6.45) is 1.62. The van der Waals surface area contributed by atoms with Gasteiger partial charge in [0.15, 0.2) is 11.6 Å². The summed E-state index contributed by atoms with van der Waals surface area (Å²) in [5, 5.41) is 11.1. The number of anilines is 1. The molecule has 25 heavy (non-hydrogen) atoms. The first-order valence-corrected chi connectivity index (χ1v) is 8.15. The summed E-state index contributed by atoms with van der Waals surface area (Å²) in [7, 11) is 1.21. The number of esters is 1. The summed E-state index contributed by atoms with van der Waals surface area (Å²) in [5.41, 5.74) is 1.33. The zero-order valence-corrected chi connectivity index (χ0v) is 14.8. The van der Waals surface area contributed by atoms with Crippen LogP contribution >= 0.6 is 15.9 Å². The molecule has 0 saturated carbocycles. The van der Waals surface area contributed by atoms with E-state index in [1.165, 1.54) is 13.2 Å². The molecule has 0 radical (unpaired) electrons. The van der Waals surface area contributed by atoms with Gasteiger partial charge in [0.05, 0.1) is 23.7 Å². The second-order valence-corrected chi connectivity index (χ2v) is 5.97. The van der Waals surface area contributed by atoms with Gasteiger partial charge in [-0.05, 0) is 40.2 Å². The van der Waals surface area contributed by atoms with Crippen molar-refractivity contribution in [3.63, 3.8) is 0 Å². The van der Waals surface area contributed by atoms with Crippen LogP contribution in [0.25, 0.3) is 5.69 Å². The number of halogens is 2. The van der Waals surface area contributed by atoms with Crippen molar-refractivity contribution < 1.29 is 13.9 Å². The molecule has 0 unspecified atom stereocenters. The molecule has 0 spiro atoms. The first-order chi connectivity index (χ1) is 12.1. The van der Waals surface area contributed by atoms with Gasteiger partial charge in [-0.15, -0.1) is 10.2 Å². The predicted octanol–water partition coefficient (Wildman–Crippen LogP) is 3.57. The largest absolute Gasteiger partial charge is 0.465 e. The molecule has 0 amide bonds. The second-order valence-electron chi connectivity index (χ2n) is 5.12. The molecule has 0 aliphatic rings. The number of carbonyl (C=O) groups is 1. The standard InChI is InChI=1S/C17H14BrFN4O2/c1-25-17(24)13-7-11(8-14(18)16(13)19)20-9-15-22-21-10-23(15)12-5-3-2-4-6-12/h2-8,10,20H,9H2,1H3. The molecule has 128 valence electrons. The number of para-hydroxylation sites is 1. The van der Waals surface area contributed by atoms with Crippen LogP contribution in [0, 0.1) is 5.82 Å². The van der Waals surface area contributed by atoms with Crippen LogP contribution in [0.3, 0.4) is 0 Å². The van der Waals surface area contributed by atoms with Crippen LogP contribution in [-0.2, 0) is 11.3 Å². The van der Waals surface area contributed by atoms with Gasteiger partial charge in [0, 0.05) is 11.4 Å². The predicted molar refractivity (Wildman–Crippen MR) is 94.1 cm³/mol. The van der Waals surface area contributed by atoms with E-state index in [0.29, 0.717) is 18.1 Å². The minimum Gasteiger partial charge on any atom is -0.465 e. The molecule has 0 aliphatic carbocycles. The Hall–Kier alpha value is -2.74. The first kappa shape index (κ1) is 17.1. The van der Waals surface area contributed by atoms with E-state index in [-0.39, 0.29) is 10.0 Å². The number of nitrogens with one attached hydrogen (secondary N) is 1. The number of methoxy groups -OCH3 is 1. The molecule has 3 rings (SSSR count). The van der Waals surface area contributed by atoms with Gasteiger partial charge < -0.3 is 10.1 Å². The molecule has 1 heterocycles. The van der Waals surface area contributed by atoms with E-state index < -0.39 is 11.8 Å². The van der Waals surface area contributed by atoms with Crippen molar-refractivity contribution in [2.24, 2.45) is 0 Å². The molecule has 2 aromatic carbocycles. The van der Waals surface area contributed by atoms with Crippen molar-refractivity contribution in [3.8, 4) is 5.69 Å². The van der Waals surface area contributed by atoms with Crippen LogP contribution in [0.4, 0.5) is 10.1 Å². The van der Waals surface area contributed by atoms with Gasteiger partial charge in [-0.25, -0.2) is 9.18 Å². The number of carbonyl (C=O) groups excluding carboxylic acids is 1. The molecule has 0 saturated heterocycles. The third-order valence-electron chi connectivity index (χ3n) is 3.54. The highest BCUT2D eigenvalue weighted by molar-refractivity contribution is 9.10. The van der Waals surface area contributed by atoms with Crippen molar-refractivity contribution in [1.82, 2.24) is 14.8 Å². The monoisotopic (exact) mass is 404 g/mol. The highest BCUT2D eigenvalue weighted by Crippen LogP contribution is 2.25. The highest BCUT2D eigenvalue weighted by Gasteiger charge is 2.17. The maximum Gasteiger partial charge on any atom is 0.340 e. The average Bonchev–Trinajstić information content (AvgIpc) is 3.11. The first-order valence-electron chi connectivity index (χ1n) is 7.35. The SMILES string of the molecule is COC(=O)c1cc(NCc2nncn2-c2ccccc2)cc(Br)c1F. The molecule has 0 fully saturated rings. The Bertz CT molecular complexity index is 899. The molecule has 6 nitrogen and oxygen atoms in total. The minimum absolute atomic E-state index is 0.149. The minimum atomic E-state index is -0.741. The molecule has 0 atom stereocenters. The highest BCUT2D eigenvalue weighted by atomic mass is 79.9. The maximum atomic E-state index is 14.0. The number of rotatable bonds is 5. The fraction of sp³-hybridized carbons (Fsp3) is 0.118. The normalized spacial score (nSPS) is 10.5. The molecule has 1 N–H and O–H groups in total. The average molecular weight is 405 g/mol. The Kier molecular flexibility index (Phi) is 5.08. The maximum absolute atomic E-state index is 14.0. The lowest BCUT2D eigenvalue weighted by Gasteiger charge is -2.11. The third kappa shape index (κ3) is 3.69. The molecular formula is C17H14BrFN4O2. The molecule has 1 aromatic heterocycles. The zero-order valence-electron chi connectivity index (χ0n) is 13.2. The van der Waals surface area contributed by atoms with Crippen LogP contribution in [0.2, 0.25) is 0 Å². The lowest BCUT2D eigenvalue weighted by Crippen LogP contribution is -2.10. The van der Waals surface area contributed by atoms with Crippen LogP contribution in [0.1, 0.15) is 16.2 Å². The van der Waals surface area contributed by atoms with Crippen molar-refractivity contribution in [2.45, 2.75) is 6.54 Å². The van der Waals surface area contributed by atoms with Gasteiger partial charge >= 0.3 is 5.97 Å². The van der Waals surface area contributed by atoms with Crippen molar-refractivity contribution >= 4 is 27.6 Å². The number of ether oxygens (including phenoxy) is 1. The molecule has 8 heteroatoms. The number of aromatic nitrogens is 3. The zero-order chi connectivity index (χ0) is 17.8. The summed E-state index contributed by atoms with van der Waals surface area (Å²) in [4.78, 5) is 11.7. The number of benzene rings is 2. The number of hydrogen-bond donors (Lipinski definition) is 1. The van der Waals surface area contributed by atoms with Gasteiger partial charge in [-0.1, -0.05) is 18.2 Å². The van der Waals surface area contributed by atoms with Crippen molar-refractivity contribution in [3.05, 3.63) is 70.5 Å². The summed E-state index contributed by atoms with van der Waals surface area (Å²) >= 11 is 3.11. The fourth-order valence-electron chi connectivity index (χ4n) is 2.31. The van der Waals surface area contributed by atoms with Gasteiger partial charge in [-0.2, -0.15) is 0 Å². The van der Waals surface area contributed by atoms with E-state index in [9.17, 15) is 9.18 Å². The third-order valence-corrected chi connectivity index (χ3v) is 4.11. The van der Waals surface area contributed by atoms with E-state index in [1.807, 2.05) is 34.9 Å². The van der Waals surface area contributed by atoms with E-state index in [2.05, 4.69) is 36.2 Å². The van der Waals surface area contributed by atoms with Crippen LogP contribution < -0.4 is 5.32 Å². The Balaban J connectivity index is 1.83. The quantitative estimate of drug-likeness (QED) is 0.658. The van der Waals surface area contributed by atoms with Crippen LogP contribution in [-0.4, -0.2) is 27.8 Å². The lowest BCUT2D eigenvalue weighted by atomic mass is 10.2. The van der Waals surface area contributed by atoms with Crippen LogP contribution in [0.15, 0.2) is 53.3 Å². The Morgan fingerprint density at radius 3 is 2.80 bits per heavy atom. The Morgan fingerprint density at radius 2 is 2.08 bits per heavy atom. The van der Waals surface area contributed by atoms with E-state index in [1.54, 1.807) is 12.4 Å². The topological polar surface area (TPSA) is 69.0 Å². The molecule has 0 aliphatic heterocycles. The summed E-state index contributed by atoms with van der Waals surface area (Å²) in [6.45, 7) is 0.341. The second kappa shape index (κ2) is 7.43. The van der Waals surface area contributed by atoms with E-state index in [4.69, 9.17) is 0 Å². The van der Waals surface area contributed by atoms with Gasteiger partial charge in [-0.3, -0.25) is 4.57 Å². The van der Waals surface area contributed by atoms with Crippen molar-refractivity contribution in [2.75, 3.05) is 12.4 Å². The smallest absolute Gasteiger partial charge is 0.340 e. The Labute approximate surface area is 151 Å².